The highest BCUT2D eigenvalue weighted by atomic mass is 35.5. The number of benzene rings is 1. The Balaban J connectivity index is 1.44. The Morgan fingerprint density at radius 3 is 2.94 bits per heavy atom. The summed E-state index contributed by atoms with van der Waals surface area (Å²) < 4.78 is 7.01. The van der Waals surface area contributed by atoms with Gasteiger partial charge in [-0.1, -0.05) is 28.9 Å². The van der Waals surface area contributed by atoms with E-state index in [-0.39, 0.29) is 19.0 Å². The lowest BCUT2D eigenvalue weighted by Crippen LogP contribution is -2.55. The monoisotopic (exact) mass is 442 g/mol. The van der Waals surface area contributed by atoms with Gasteiger partial charge in [0.15, 0.2) is 5.96 Å². The number of halogens is 1. The van der Waals surface area contributed by atoms with Crippen LogP contribution in [0.5, 0.6) is 0 Å². The van der Waals surface area contributed by atoms with Crippen LogP contribution in [-0.2, 0) is 18.4 Å². The summed E-state index contributed by atoms with van der Waals surface area (Å²) in [5.41, 5.74) is 1.57. The Bertz CT molecular complexity index is 1090. The number of guanidine groups is 1. The predicted octanol–water partition coefficient (Wildman–Crippen LogP) is 1.94. The summed E-state index contributed by atoms with van der Waals surface area (Å²) in [5, 5.41) is 12.0. The van der Waals surface area contributed by atoms with Crippen molar-refractivity contribution in [2.45, 2.75) is 13.5 Å². The zero-order valence-electron chi connectivity index (χ0n) is 17.3. The summed E-state index contributed by atoms with van der Waals surface area (Å²) in [6, 6.07) is 7.25. The first kappa shape index (κ1) is 20.9. The molecule has 0 radical (unpaired) electrons. The molecule has 10 nitrogen and oxygen atoms in total. The van der Waals surface area contributed by atoms with Gasteiger partial charge in [-0.05, 0) is 19.1 Å². The Labute approximate surface area is 184 Å². The summed E-state index contributed by atoms with van der Waals surface area (Å²) in [4.78, 5) is 25.3. The van der Waals surface area contributed by atoms with Crippen LogP contribution in [0.25, 0.3) is 11.4 Å². The van der Waals surface area contributed by atoms with E-state index in [1.54, 1.807) is 27.9 Å². The largest absolute Gasteiger partial charge is 0.356 e. The molecule has 0 saturated carbocycles. The van der Waals surface area contributed by atoms with Gasteiger partial charge in [0, 0.05) is 43.5 Å². The fourth-order valence-corrected chi connectivity index (χ4v) is 3.50. The molecule has 1 saturated heterocycles. The standard InChI is InChI=1S/C20H23ClN8O2/c1-3-22-20(28-7-8-29(18(30)13-28)16-10-24-27(2)12-16)23-11-17-25-19(26-31-17)14-5-4-6-15(21)9-14/h4-6,9-10,12H,3,7-8,11,13H2,1-2H3,(H,22,23). The molecule has 1 amide bonds. The van der Waals surface area contributed by atoms with Gasteiger partial charge in [0.1, 0.15) is 13.1 Å². The molecule has 1 aliphatic rings. The van der Waals surface area contributed by atoms with Gasteiger partial charge >= 0.3 is 0 Å². The third kappa shape index (κ3) is 4.85. The fraction of sp³-hybridized carbons (Fsp3) is 0.350. The lowest BCUT2D eigenvalue weighted by molar-refractivity contribution is -0.120. The second kappa shape index (κ2) is 9.17. The zero-order chi connectivity index (χ0) is 21.8. The smallest absolute Gasteiger partial charge is 0.248 e. The van der Waals surface area contributed by atoms with Crippen LogP contribution in [0.3, 0.4) is 0 Å². The molecule has 0 aliphatic carbocycles. The second-order valence-electron chi connectivity index (χ2n) is 7.03. The molecule has 31 heavy (non-hydrogen) atoms. The maximum Gasteiger partial charge on any atom is 0.248 e. The van der Waals surface area contributed by atoms with E-state index in [1.165, 1.54) is 0 Å². The quantitative estimate of drug-likeness (QED) is 0.475. The van der Waals surface area contributed by atoms with Gasteiger partial charge in [-0.15, -0.1) is 0 Å². The van der Waals surface area contributed by atoms with Crippen LogP contribution in [0.4, 0.5) is 5.69 Å². The minimum Gasteiger partial charge on any atom is -0.356 e. The van der Waals surface area contributed by atoms with Crippen molar-refractivity contribution in [3.8, 4) is 11.4 Å². The molecule has 0 unspecified atom stereocenters. The SMILES string of the molecule is CCNC(=NCc1nc(-c2cccc(Cl)c2)no1)N1CCN(c2cnn(C)c2)C(=O)C1. The fourth-order valence-electron chi connectivity index (χ4n) is 3.31. The Morgan fingerprint density at radius 1 is 1.35 bits per heavy atom. The molecule has 1 aliphatic heterocycles. The van der Waals surface area contributed by atoms with Crippen LogP contribution in [0.2, 0.25) is 5.02 Å². The molecule has 0 atom stereocenters. The van der Waals surface area contributed by atoms with Gasteiger partial charge in [-0.2, -0.15) is 10.1 Å². The number of amides is 1. The predicted molar refractivity (Wildman–Crippen MR) is 117 cm³/mol. The summed E-state index contributed by atoms with van der Waals surface area (Å²) in [5.74, 6) is 1.46. The van der Waals surface area contributed by atoms with Gasteiger partial charge < -0.3 is 19.6 Å². The van der Waals surface area contributed by atoms with Crippen LogP contribution in [-0.4, -0.2) is 62.9 Å². The number of hydrogen-bond acceptors (Lipinski definition) is 6. The molecule has 0 spiro atoms. The molecule has 4 rings (SSSR count). The van der Waals surface area contributed by atoms with E-state index in [0.29, 0.717) is 42.3 Å². The molecule has 3 heterocycles. The number of piperazine rings is 1. The minimum absolute atomic E-state index is 0.00844. The number of anilines is 1. The lowest BCUT2D eigenvalue weighted by Gasteiger charge is -2.35. The van der Waals surface area contributed by atoms with Crippen LogP contribution in [0.15, 0.2) is 46.2 Å². The van der Waals surface area contributed by atoms with Crippen molar-refractivity contribution in [3.05, 3.63) is 47.6 Å². The highest BCUT2D eigenvalue weighted by Gasteiger charge is 2.27. The Morgan fingerprint density at radius 2 is 2.23 bits per heavy atom. The van der Waals surface area contributed by atoms with Gasteiger partial charge in [-0.3, -0.25) is 9.48 Å². The van der Waals surface area contributed by atoms with Crippen molar-refractivity contribution < 1.29 is 9.32 Å². The number of aromatic nitrogens is 4. The summed E-state index contributed by atoms with van der Waals surface area (Å²) in [6.07, 6.45) is 3.53. The minimum atomic E-state index is -0.00844. The number of aliphatic imine (C=N–C) groups is 1. The number of carbonyl (C=O) groups is 1. The maximum atomic E-state index is 12.7. The topological polar surface area (TPSA) is 105 Å². The first-order valence-corrected chi connectivity index (χ1v) is 10.3. The van der Waals surface area contributed by atoms with E-state index >= 15 is 0 Å². The average Bonchev–Trinajstić information content (AvgIpc) is 3.40. The third-order valence-electron chi connectivity index (χ3n) is 4.77. The van der Waals surface area contributed by atoms with Crippen LogP contribution in [0, 0.1) is 0 Å². The van der Waals surface area contributed by atoms with Crippen LogP contribution < -0.4 is 10.2 Å². The number of nitrogens with zero attached hydrogens (tertiary/aromatic N) is 7. The second-order valence-corrected chi connectivity index (χ2v) is 7.47. The molecule has 1 aromatic carbocycles. The molecule has 1 fully saturated rings. The van der Waals surface area contributed by atoms with Crippen molar-refractivity contribution in [1.82, 2.24) is 30.1 Å². The van der Waals surface area contributed by atoms with E-state index in [1.807, 2.05) is 37.2 Å². The molecule has 2 aromatic heterocycles. The molecule has 0 bridgehead atoms. The highest BCUT2D eigenvalue weighted by molar-refractivity contribution is 6.30. The first-order chi connectivity index (χ1) is 15.0. The van der Waals surface area contributed by atoms with E-state index in [2.05, 4.69) is 25.5 Å². The number of hydrogen-bond donors (Lipinski definition) is 1. The Hall–Kier alpha value is -3.40. The molecule has 162 valence electrons. The van der Waals surface area contributed by atoms with Crippen molar-refractivity contribution in [1.29, 1.82) is 0 Å². The summed E-state index contributed by atoms with van der Waals surface area (Å²) in [7, 11) is 1.83. The molecule has 11 heteroatoms. The van der Waals surface area contributed by atoms with E-state index in [9.17, 15) is 4.79 Å². The van der Waals surface area contributed by atoms with Crippen molar-refractivity contribution in [3.63, 3.8) is 0 Å². The number of aryl methyl sites for hydroxylation is 1. The highest BCUT2D eigenvalue weighted by Crippen LogP contribution is 2.20. The first-order valence-electron chi connectivity index (χ1n) is 9.94. The normalized spacial score (nSPS) is 14.9. The molecular weight excluding hydrogens is 420 g/mol. The summed E-state index contributed by atoms with van der Waals surface area (Å²) >= 11 is 6.03. The lowest BCUT2D eigenvalue weighted by atomic mass is 10.2. The number of rotatable bonds is 5. The zero-order valence-corrected chi connectivity index (χ0v) is 18.1. The number of nitrogens with one attached hydrogen (secondary N) is 1. The summed E-state index contributed by atoms with van der Waals surface area (Å²) in [6.45, 7) is 4.27. The molecule has 1 N–H and O–H groups in total. The van der Waals surface area contributed by atoms with Crippen molar-refractivity contribution in [2.24, 2.45) is 12.0 Å². The third-order valence-corrected chi connectivity index (χ3v) is 5.01. The molecular formula is C20H23ClN8O2. The number of carbonyl (C=O) groups excluding carboxylic acids is 1. The molecule has 3 aromatic rings. The van der Waals surface area contributed by atoms with Crippen LogP contribution >= 0.6 is 11.6 Å². The Kier molecular flexibility index (Phi) is 6.17. The van der Waals surface area contributed by atoms with E-state index < -0.39 is 0 Å². The van der Waals surface area contributed by atoms with Gasteiger partial charge in [-0.25, -0.2) is 4.99 Å². The van der Waals surface area contributed by atoms with Crippen molar-refractivity contribution >= 4 is 29.2 Å². The maximum absolute atomic E-state index is 12.7. The van der Waals surface area contributed by atoms with Gasteiger partial charge in [0.25, 0.3) is 0 Å². The van der Waals surface area contributed by atoms with Crippen LogP contribution in [0.1, 0.15) is 12.8 Å². The van der Waals surface area contributed by atoms with Gasteiger partial charge in [0.05, 0.1) is 11.9 Å². The van der Waals surface area contributed by atoms with E-state index in [4.69, 9.17) is 16.1 Å². The van der Waals surface area contributed by atoms with Crippen molar-refractivity contribution in [2.75, 3.05) is 31.1 Å². The van der Waals surface area contributed by atoms with Gasteiger partial charge in [0.2, 0.25) is 17.6 Å². The average molecular weight is 443 g/mol. The van der Waals surface area contributed by atoms with E-state index in [0.717, 1.165) is 11.3 Å².